The van der Waals surface area contributed by atoms with Crippen LogP contribution >= 0.6 is 0 Å². The smallest absolute Gasteiger partial charge is 0.321 e. The van der Waals surface area contributed by atoms with Crippen LogP contribution in [0.3, 0.4) is 0 Å². The number of fused-ring (bicyclic) bond motifs is 1. The quantitative estimate of drug-likeness (QED) is 0.521. The molecular formula is C28H31N7O3. The summed E-state index contributed by atoms with van der Waals surface area (Å²) in [4.78, 5) is 56.2. The summed E-state index contributed by atoms with van der Waals surface area (Å²) in [6.07, 6.45) is 1.66. The highest BCUT2D eigenvalue weighted by Crippen LogP contribution is 2.29. The predicted molar refractivity (Wildman–Crippen MR) is 148 cm³/mol. The van der Waals surface area contributed by atoms with E-state index in [1.807, 2.05) is 49.3 Å². The van der Waals surface area contributed by atoms with Gasteiger partial charge in [-0.25, -0.2) is 19.8 Å². The number of anilines is 3. The molecule has 0 radical (unpaired) electrons. The number of ketones is 1. The Bertz CT molecular complexity index is 1380. The first-order chi connectivity index (χ1) is 18.0. The van der Waals surface area contributed by atoms with Gasteiger partial charge in [0.1, 0.15) is 6.33 Å². The summed E-state index contributed by atoms with van der Waals surface area (Å²) in [6.45, 7) is 5.24. The van der Waals surface area contributed by atoms with Gasteiger partial charge in [0.25, 0.3) is 5.91 Å². The minimum absolute atomic E-state index is 0.130. The number of hydrogen-bond donors (Lipinski definition) is 2. The van der Waals surface area contributed by atoms with Crippen molar-refractivity contribution in [1.82, 2.24) is 15.3 Å². The van der Waals surface area contributed by atoms with Gasteiger partial charge in [0.15, 0.2) is 5.78 Å². The third-order valence-corrected chi connectivity index (χ3v) is 6.06. The Morgan fingerprint density at radius 3 is 2.50 bits per heavy atom. The molecule has 0 saturated heterocycles. The molecule has 1 aliphatic heterocycles. The number of aromatic nitrogens is 2. The maximum absolute atomic E-state index is 13.9. The highest BCUT2D eigenvalue weighted by molar-refractivity contribution is 6.20. The number of hydrogen-bond acceptors (Lipinski definition) is 7. The molecule has 0 bridgehead atoms. The number of aliphatic imine (C=N–C) groups is 1. The molecule has 2 N–H and O–H groups in total. The third-order valence-electron chi connectivity index (χ3n) is 6.06. The fourth-order valence-electron chi connectivity index (χ4n) is 3.86. The number of benzodiazepines with no additional fused rings is 1. The molecule has 4 rings (SSSR count). The van der Waals surface area contributed by atoms with Crippen LogP contribution in [0.15, 0.2) is 72.1 Å². The van der Waals surface area contributed by atoms with Gasteiger partial charge in [-0.05, 0) is 30.3 Å². The van der Waals surface area contributed by atoms with Gasteiger partial charge < -0.3 is 20.4 Å². The Labute approximate surface area is 221 Å². The molecular weight excluding hydrogens is 482 g/mol. The standard InChI is InChI=1S/C28H31N7O3/c1-28(2,3)23(36)16-35-22-12-7-6-11-20(22)24(21-13-14-29-17-30-21)32-25(26(35)37)33-27(38)31-18-9-8-10-19(15-18)34(4)5/h6-15,17,25H,16H2,1-5H3,(H2,31,33,38). The van der Waals surface area contributed by atoms with E-state index in [-0.39, 0.29) is 12.3 Å². The van der Waals surface area contributed by atoms with Crippen molar-refractivity contribution in [2.75, 3.05) is 35.8 Å². The number of amides is 3. The fraction of sp³-hybridized carbons (Fsp3) is 0.286. The lowest BCUT2D eigenvalue weighted by Crippen LogP contribution is -2.50. The molecule has 0 aliphatic carbocycles. The van der Waals surface area contributed by atoms with Gasteiger partial charge in [-0.15, -0.1) is 0 Å². The number of urea groups is 1. The second-order valence-electron chi connectivity index (χ2n) is 10.1. The van der Waals surface area contributed by atoms with Gasteiger partial charge in [0.05, 0.1) is 23.6 Å². The van der Waals surface area contributed by atoms with E-state index >= 15 is 0 Å². The second kappa shape index (κ2) is 10.8. The minimum atomic E-state index is -1.31. The van der Waals surface area contributed by atoms with Gasteiger partial charge >= 0.3 is 6.03 Å². The molecule has 3 aromatic rings. The lowest BCUT2D eigenvalue weighted by molar-refractivity contribution is -0.127. The Kier molecular flexibility index (Phi) is 7.52. The van der Waals surface area contributed by atoms with Crippen LogP contribution in [0, 0.1) is 5.41 Å². The summed E-state index contributed by atoms with van der Waals surface area (Å²) in [5.74, 6) is -0.661. The molecule has 38 heavy (non-hydrogen) atoms. The van der Waals surface area contributed by atoms with Crippen molar-refractivity contribution in [2.45, 2.75) is 26.9 Å². The van der Waals surface area contributed by atoms with E-state index in [9.17, 15) is 14.4 Å². The summed E-state index contributed by atoms with van der Waals surface area (Å²) in [5, 5.41) is 5.46. The van der Waals surface area contributed by atoms with Crippen LogP contribution in [0.1, 0.15) is 32.0 Å². The molecule has 1 aliphatic rings. The van der Waals surface area contributed by atoms with Crippen LogP contribution in [0.25, 0.3) is 0 Å². The van der Waals surface area contributed by atoms with E-state index in [1.54, 1.807) is 51.2 Å². The number of benzene rings is 2. The zero-order valence-electron chi connectivity index (χ0n) is 22.1. The first-order valence-electron chi connectivity index (χ1n) is 12.2. The van der Waals surface area contributed by atoms with Crippen LogP contribution < -0.4 is 20.4 Å². The number of nitrogens with zero attached hydrogens (tertiary/aromatic N) is 5. The summed E-state index contributed by atoms with van der Waals surface area (Å²) in [5.41, 5.74) is 2.80. The zero-order chi connectivity index (χ0) is 27.4. The molecule has 10 nitrogen and oxygen atoms in total. The molecule has 2 heterocycles. The van der Waals surface area contributed by atoms with Crippen molar-refractivity contribution in [3.8, 4) is 0 Å². The summed E-state index contributed by atoms with van der Waals surface area (Å²) in [7, 11) is 3.80. The number of rotatable bonds is 6. The van der Waals surface area contributed by atoms with Crippen molar-refractivity contribution >= 4 is 40.5 Å². The second-order valence-corrected chi connectivity index (χ2v) is 10.1. The molecule has 2 aromatic carbocycles. The highest BCUT2D eigenvalue weighted by Gasteiger charge is 2.36. The van der Waals surface area contributed by atoms with E-state index in [0.717, 1.165) is 5.69 Å². The van der Waals surface area contributed by atoms with Gasteiger partial charge in [0, 0.05) is 42.6 Å². The van der Waals surface area contributed by atoms with Crippen LogP contribution in [0.2, 0.25) is 0 Å². The van der Waals surface area contributed by atoms with E-state index in [0.29, 0.717) is 28.3 Å². The van der Waals surface area contributed by atoms with Gasteiger partial charge in [-0.2, -0.15) is 0 Å². The zero-order valence-corrected chi connectivity index (χ0v) is 22.1. The van der Waals surface area contributed by atoms with Crippen LogP contribution in [-0.2, 0) is 9.59 Å². The average molecular weight is 514 g/mol. The topological polar surface area (TPSA) is 120 Å². The molecule has 10 heteroatoms. The Balaban J connectivity index is 1.73. The van der Waals surface area contributed by atoms with Crippen molar-refractivity contribution in [3.05, 3.63) is 78.4 Å². The largest absolute Gasteiger partial charge is 0.378 e. The van der Waals surface area contributed by atoms with Crippen molar-refractivity contribution in [2.24, 2.45) is 10.4 Å². The molecule has 0 fully saturated rings. The number of nitrogens with one attached hydrogen (secondary N) is 2. The number of Topliss-reactive ketones (excluding diaryl/α,β-unsaturated/α-hetero) is 1. The SMILES string of the molecule is CN(C)c1cccc(NC(=O)NC2N=C(c3ccncn3)c3ccccc3N(CC(=O)C(C)(C)C)C2=O)c1. The van der Waals surface area contributed by atoms with E-state index in [1.165, 1.54) is 11.2 Å². The molecule has 196 valence electrons. The first-order valence-corrected chi connectivity index (χ1v) is 12.2. The minimum Gasteiger partial charge on any atom is -0.378 e. The molecule has 1 atom stereocenters. The first kappa shape index (κ1) is 26.5. The van der Waals surface area contributed by atoms with Crippen molar-refractivity contribution in [1.29, 1.82) is 0 Å². The number of carbonyl (C=O) groups is 3. The molecule has 0 spiro atoms. The molecule has 1 unspecified atom stereocenters. The van der Waals surface area contributed by atoms with Crippen LogP contribution in [-0.4, -0.2) is 60.2 Å². The van der Waals surface area contributed by atoms with Crippen LogP contribution in [0.5, 0.6) is 0 Å². The number of para-hydroxylation sites is 1. The Morgan fingerprint density at radius 1 is 1.05 bits per heavy atom. The maximum Gasteiger partial charge on any atom is 0.321 e. The fourth-order valence-corrected chi connectivity index (χ4v) is 3.86. The molecule has 3 amide bonds. The van der Waals surface area contributed by atoms with E-state index < -0.39 is 23.5 Å². The molecule has 0 saturated carbocycles. The van der Waals surface area contributed by atoms with Gasteiger partial charge in [-0.3, -0.25) is 9.59 Å². The molecule has 1 aromatic heterocycles. The highest BCUT2D eigenvalue weighted by atomic mass is 16.2. The summed E-state index contributed by atoms with van der Waals surface area (Å²) >= 11 is 0. The normalized spacial score (nSPS) is 15.2. The predicted octanol–water partition coefficient (Wildman–Crippen LogP) is 3.49. The van der Waals surface area contributed by atoms with E-state index in [2.05, 4.69) is 25.6 Å². The third kappa shape index (κ3) is 5.86. The Morgan fingerprint density at radius 2 is 1.82 bits per heavy atom. The summed E-state index contributed by atoms with van der Waals surface area (Å²) in [6, 6.07) is 15.6. The summed E-state index contributed by atoms with van der Waals surface area (Å²) < 4.78 is 0. The van der Waals surface area contributed by atoms with Gasteiger partial charge in [-0.1, -0.05) is 45.0 Å². The maximum atomic E-state index is 13.9. The van der Waals surface area contributed by atoms with Crippen molar-refractivity contribution in [3.63, 3.8) is 0 Å². The lowest BCUT2D eigenvalue weighted by Gasteiger charge is -2.28. The lowest BCUT2D eigenvalue weighted by atomic mass is 9.90. The van der Waals surface area contributed by atoms with E-state index in [4.69, 9.17) is 0 Å². The number of carbonyl (C=O) groups excluding carboxylic acids is 3. The average Bonchev–Trinajstić information content (AvgIpc) is 2.99. The van der Waals surface area contributed by atoms with Crippen molar-refractivity contribution < 1.29 is 14.4 Å². The van der Waals surface area contributed by atoms with Crippen LogP contribution in [0.4, 0.5) is 21.9 Å². The monoisotopic (exact) mass is 513 g/mol. The van der Waals surface area contributed by atoms with Gasteiger partial charge in [0.2, 0.25) is 6.17 Å². The Hall–Kier alpha value is -4.60.